The van der Waals surface area contributed by atoms with E-state index in [0.29, 0.717) is 24.2 Å². The Hall–Kier alpha value is -2.69. The lowest BCUT2D eigenvalue weighted by Gasteiger charge is -2.21. The Morgan fingerprint density at radius 1 is 1.00 bits per heavy atom. The van der Waals surface area contributed by atoms with Crippen molar-refractivity contribution in [1.82, 2.24) is 9.88 Å². The second kappa shape index (κ2) is 9.13. The van der Waals surface area contributed by atoms with E-state index in [0.717, 1.165) is 29.7 Å². The van der Waals surface area contributed by atoms with E-state index in [-0.39, 0.29) is 11.8 Å². The summed E-state index contributed by atoms with van der Waals surface area (Å²) in [5, 5.41) is 2.90. The molecule has 0 aliphatic carbocycles. The summed E-state index contributed by atoms with van der Waals surface area (Å²) in [5.74, 6) is -0.348. The Kier molecular flexibility index (Phi) is 6.89. The van der Waals surface area contributed by atoms with Crippen molar-refractivity contribution in [3.05, 3.63) is 58.9 Å². The first-order chi connectivity index (χ1) is 12.5. The van der Waals surface area contributed by atoms with Gasteiger partial charge >= 0.3 is 0 Å². The summed E-state index contributed by atoms with van der Waals surface area (Å²) in [6, 6.07) is 7.47. The van der Waals surface area contributed by atoms with Crippen molar-refractivity contribution in [3.8, 4) is 0 Å². The summed E-state index contributed by atoms with van der Waals surface area (Å²) in [5.41, 5.74) is 3.72. The van der Waals surface area contributed by atoms with E-state index in [1.165, 1.54) is 12.4 Å². The fourth-order valence-corrected chi connectivity index (χ4v) is 2.87. The van der Waals surface area contributed by atoms with Crippen molar-refractivity contribution in [2.24, 2.45) is 0 Å². The molecule has 0 unspecified atom stereocenters. The molecule has 0 fully saturated rings. The van der Waals surface area contributed by atoms with Gasteiger partial charge in [-0.2, -0.15) is 0 Å². The first-order valence-corrected chi connectivity index (χ1v) is 9.09. The van der Waals surface area contributed by atoms with E-state index >= 15 is 0 Å². The van der Waals surface area contributed by atoms with Crippen LogP contribution in [0.3, 0.4) is 0 Å². The van der Waals surface area contributed by atoms with E-state index in [9.17, 15) is 9.59 Å². The molecule has 0 saturated carbocycles. The van der Waals surface area contributed by atoms with Crippen molar-refractivity contribution in [1.29, 1.82) is 0 Å². The van der Waals surface area contributed by atoms with Crippen molar-refractivity contribution in [2.75, 3.05) is 18.4 Å². The van der Waals surface area contributed by atoms with Gasteiger partial charge in [0.2, 0.25) is 0 Å². The number of hydrogen-bond acceptors (Lipinski definition) is 3. The van der Waals surface area contributed by atoms with Crippen LogP contribution in [0.25, 0.3) is 0 Å². The molecule has 1 aromatic heterocycles. The lowest BCUT2D eigenvalue weighted by atomic mass is 10.1. The van der Waals surface area contributed by atoms with E-state index < -0.39 is 0 Å². The van der Waals surface area contributed by atoms with E-state index in [2.05, 4.69) is 10.3 Å². The fraction of sp³-hybridized carbons (Fsp3) is 0.381. The molecule has 0 saturated heterocycles. The topological polar surface area (TPSA) is 62.3 Å². The number of carbonyl (C=O) groups is 2. The van der Waals surface area contributed by atoms with Crippen LogP contribution >= 0.6 is 0 Å². The average molecular weight is 353 g/mol. The summed E-state index contributed by atoms with van der Waals surface area (Å²) in [6.45, 7) is 9.45. The highest BCUT2D eigenvalue weighted by Crippen LogP contribution is 2.17. The van der Waals surface area contributed by atoms with Crippen molar-refractivity contribution < 1.29 is 9.59 Å². The molecule has 0 radical (unpaired) electrons. The molecular weight excluding hydrogens is 326 g/mol. The lowest BCUT2D eigenvalue weighted by Crippen LogP contribution is -2.32. The third-order valence-corrected chi connectivity index (χ3v) is 4.15. The molecule has 5 nitrogen and oxygen atoms in total. The Bertz CT molecular complexity index is 781. The van der Waals surface area contributed by atoms with Crippen LogP contribution in [0.1, 0.15) is 58.5 Å². The zero-order valence-corrected chi connectivity index (χ0v) is 16.0. The number of aryl methyl sites for hydroxylation is 2. The fourth-order valence-electron chi connectivity index (χ4n) is 2.87. The molecule has 0 aliphatic heterocycles. The standard InChI is InChI=1S/C21H27N3O2/c1-5-9-24(10-6-2)21(26)18-12-17(13-22-14-18)20(25)23-19-8-7-15(3)11-16(19)4/h7-8,11-14H,5-6,9-10H2,1-4H3,(H,23,25). The van der Waals surface area contributed by atoms with Crippen molar-refractivity contribution >= 4 is 17.5 Å². The van der Waals surface area contributed by atoms with Crippen LogP contribution in [0.4, 0.5) is 5.69 Å². The molecule has 1 aromatic carbocycles. The van der Waals surface area contributed by atoms with Crippen LogP contribution in [0, 0.1) is 13.8 Å². The van der Waals surface area contributed by atoms with Gasteiger partial charge in [0.05, 0.1) is 11.1 Å². The molecule has 138 valence electrons. The molecule has 0 spiro atoms. The lowest BCUT2D eigenvalue weighted by molar-refractivity contribution is 0.0755. The Morgan fingerprint density at radius 3 is 2.27 bits per heavy atom. The maximum absolute atomic E-state index is 12.7. The van der Waals surface area contributed by atoms with Gasteiger partial charge in [-0.3, -0.25) is 14.6 Å². The minimum absolute atomic E-state index is 0.0811. The summed E-state index contributed by atoms with van der Waals surface area (Å²) >= 11 is 0. The van der Waals surface area contributed by atoms with Crippen molar-refractivity contribution in [2.45, 2.75) is 40.5 Å². The van der Waals surface area contributed by atoms with Crippen LogP contribution in [0.5, 0.6) is 0 Å². The zero-order chi connectivity index (χ0) is 19.1. The number of aromatic nitrogens is 1. The van der Waals surface area contributed by atoms with Gasteiger partial charge in [-0.25, -0.2) is 0 Å². The number of hydrogen-bond donors (Lipinski definition) is 1. The first kappa shape index (κ1) is 19.6. The van der Waals surface area contributed by atoms with Crippen LogP contribution in [-0.4, -0.2) is 34.8 Å². The van der Waals surface area contributed by atoms with Gasteiger partial charge in [-0.15, -0.1) is 0 Å². The maximum atomic E-state index is 12.7. The molecule has 0 bridgehead atoms. The molecule has 5 heteroatoms. The van der Waals surface area contributed by atoms with Crippen LogP contribution in [0.15, 0.2) is 36.7 Å². The molecule has 26 heavy (non-hydrogen) atoms. The second-order valence-corrected chi connectivity index (χ2v) is 6.53. The number of nitrogens with zero attached hydrogens (tertiary/aromatic N) is 2. The van der Waals surface area contributed by atoms with Gasteiger partial charge in [0, 0.05) is 31.2 Å². The molecule has 1 N–H and O–H groups in total. The number of pyridine rings is 1. The predicted octanol–water partition coefficient (Wildman–Crippen LogP) is 4.21. The van der Waals surface area contributed by atoms with E-state index in [1.807, 2.05) is 50.8 Å². The molecule has 2 amide bonds. The molecule has 0 aliphatic rings. The van der Waals surface area contributed by atoms with Crippen LogP contribution < -0.4 is 5.32 Å². The monoisotopic (exact) mass is 353 g/mol. The number of carbonyl (C=O) groups excluding carboxylic acids is 2. The van der Waals surface area contributed by atoms with Crippen LogP contribution in [0.2, 0.25) is 0 Å². The Balaban J connectivity index is 2.19. The number of anilines is 1. The second-order valence-electron chi connectivity index (χ2n) is 6.53. The highest BCUT2D eigenvalue weighted by molar-refractivity contribution is 6.06. The quantitative estimate of drug-likeness (QED) is 0.811. The van der Waals surface area contributed by atoms with E-state index in [4.69, 9.17) is 0 Å². The third-order valence-electron chi connectivity index (χ3n) is 4.15. The normalized spacial score (nSPS) is 10.5. The van der Waals surface area contributed by atoms with Gasteiger partial charge in [0.25, 0.3) is 11.8 Å². The molecule has 1 heterocycles. The average Bonchev–Trinajstić information content (AvgIpc) is 2.63. The Morgan fingerprint density at radius 2 is 1.65 bits per heavy atom. The summed E-state index contributed by atoms with van der Waals surface area (Å²) in [6.07, 6.45) is 4.80. The maximum Gasteiger partial charge on any atom is 0.257 e. The SMILES string of the molecule is CCCN(CCC)C(=O)c1cncc(C(=O)Nc2ccc(C)cc2C)c1. The van der Waals surface area contributed by atoms with Gasteiger partial charge in [-0.05, 0) is 44.4 Å². The molecule has 0 atom stereocenters. The Labute approximate surface area is 155 Å². The van der Waals surface area contributed by atoms with Crippen molar-refractivity contribution in [3.63, 3.8) is 0 Å². The third kappa shape index (κ3) is 4.91. The minimum atomic E-state index is -0.267. The van der Waals surface area contributed by atoms with Gasteiger partial charge in [-0.1, -0.05) is 31.5 Å². The number of nitrogens with one attached hydrogen (secondary N) is 1. The predicted molar refractivity (Wildman–Crippen MR) is 105 cm³/mol. The minimum Gasteiger partial charge on any atom is -0.339 e. The number of rotatable bonds is 7. The molecule has 2 rings (SSSR count). The highest BCUT2D eigenvalue weighted by Gasteiger charge is 2.17. The zero-order valence-electron chi connectivity index (χ0n) is 16.0. The molecule has 2 aromatic rings. The summed E-state index contributed by atoms with van der Waals surface area (Å²) in [7, 11) is 0. The highest BCUT2D eigenvalue weighted by atomic mass is 16.2. The van der Waals surface area contributed by atoms with E-state index in [1.54, 1.807) is 6.07 Å². The smallest absolute Gasteiger partial charge is 0.257 e. The van der Waals surface area contributed by atoms with Crippen LogP contribution in [-0.2, 0) is 0 Å². The van der Waals surface area contributed by atoms with Gasteiger partial charge in [0.1, 0.15) is 0 Å². The first-order valence-electron chi connectivity index (χ1n) is 9.09. The number of benzene rings is 1. The van der Waals surface area contributed by atoms with Gasteiger partial charge < -0.3 is 10.2 Å². The van der Waals surface area contributed by atoms with Gasteiger partial charge in [0.15, 0.2) is 0 Å². The summed E-state index contributed by atoms with van der Waals surface area (Å²) < 4.78 is 0. The summed E-state index contributed by atoms with van der Waals surface area (Å²) in [4.78, 5) is 31.2. The largest absolute Gasteiger partial charge is 0.339 e. The number of amides is 2. The molecular formula is C21H27N3O2.